The molecule has 1 aromatic heterocycles. The number of aromatic nitrogens is 1. The monoisotopic (exact) mass is 630 g/mol. The predicted octanol–water partition coefficient (Wildman–Crippen LogP) is 3.02. The van der Waals surface area contributed by atoms with Crippen LogP contribution in [0.2, 0.25) is 0 Å². The third-order valence-electron chi connectivity index (χ3n) is 5.95. The Morgan fingerprint density at radius 1 is 0.932 bits per heavy atom. The minimum Gasteiger partial charge on any atom is -0.475 e. The highest BCUT2D eigenvalue weighted by Crippen LogP contribution is 2.34. The Morgan fingerprint density at radius 3 is 2.05 bits per heavy atom. The molecule has 0 spiro atoms. The van der Waals surface area contributed by atoms with Gasteiger partial charge in [-0.2, -0.15) is 31.4 Å². The fraction of sp³-hybridized carbons (Fsp3) is 0.269. The molecule has 12 nitrogen and oxygen atoms in total. The third kappa shape index (κ3) is 9.01. The Kier molecular flexibility index (Phi) is 10.7. The maximum absolute atomic E-state index is 12.6. The van der Waals surface area contributed by atoms with Crippen LogP contribution in [0.25, 0.3) is 22.2 Å². The second-order valence-electron chi connectivity index (χ2n) is 9.11. The molecule has 0 bridgehead atoms. The van der Waals surface area contributed by atoms with Crippen molar-refractivity contribution in [3.05, 3.63) is 53.6 Å². The van der Waals surface area contributed by atoms with Crippen molar-refractivity contribution >= 4 is 46.6 Å². The van der Waals surface area contributed by atoms with Crippen molar-refractivity contribution in [2.24, 2.45) is 5.10 Å². The summed E-state index contributed by atoms with van der Waals surface area (Å²) in [5.41, 5.74) is 7.13. The second kappa shape index (κ2) is 14.0. The van der Waals surface area contributed by atoms with Crippen LogP contribution in [0.5, 0.6) is 0 Å². The normalized spacial score (nSPS) is 14.7. The molecule has 0 unspecified atom stereocenters. The van der Waals surface area contributed by atoms with Crippen LogP contribution in [0.3, 0.4) is 0 Å². The fourth-order valence-corrected chi connectivity index (χ4v) is 4.06. The zero-order valence-corrected chi connectivity index (χ0v) is 22.3. The average Bonchev–Trinajstić information content (AvgIpc) is 3.22. The molecule has 5 rings (SSSR count). The Balaban J connectivity index is 0.000000317. The van der Waals surface area contributed by atoms with Crippen LogP contribution in [0.4, 0.5) is 32.0 Å². The van der Waals surface area contributed by atoms with E-state index in [0.29, 0.717) is 17.8 Å². The Bertz CT molecular complexity index is 1520. The zero-order chi connectivity index (χ0) is 32.7. The van der Waals surface area contributed by atoms with E-state index in [-0.39, 0.29) is 11.8 Å². The van der Waals surface area contributed by atoms with Gasteiger partial charge < -0.3 is 25.8 Å². The van der Waals surface area contributed by atoms with E-state index in [4.69, 9.17) is 19.8 Å². The first-order chi connectivity index (χ1) is 20.6. The Labute approximate surface area is 243 Å². The molecule has 0 atom stereocenters. The molecule has 0 aliphatic carbocycles. The molecule has 18 heteroatoms. The van der Waals surface area contributed by atoms with Crippen molar-refractivity contribution in [2.45, 2.75) is 12.4 Å². The molecule has 0 saturated carbocycles. The van der Waals surface area contributed by atoms with Crippen molar-refractivity contribution < 1.29 is 55.7 Å². The molecule has 3 heterocycles. The van der Waals surface area contributed by atoms with Gasteiger partial charge in [0, 0.05) is 48.3 Å². The summed E-state index contributed by atoms with van der Waals surface area (Å²) in [5, 5.41) is 25.3. The van der Waals surface area contributed by atoms with Gasteiger partial charge in [-0.1, -0.05) is 30.3 Å². The van der Waals surface area contributed by atoms with Gasteiger partial charge in [-0.05, 0) is 17.7 Å². The lowest BCUT2D eigenvalue weighted by atomic mass is 10.0. The smallest absolute Gasteiger partial charge is 0.475 e. The number of hydrogen-bond acceptors (Lipinski definition) is 7. The number of piperazine rings is 1. The summed E-state index contributed by atoms with van der Waals surface area (Å²) in [6, 6.07) is 13.5. The predicted molar refractivity (Wildman–Crippen MR) is 144 cm³/mol. The molecular formula is C26H24F6N6O6. The number of carboxylic acid groups (broad SMARTS) is 2. The SMILES string of the molecule is O=C(CN1CCNCC1)Nc1cc2c3c(c(-c4ccccc4)[nH]c3c1)C=NNC2=O.O=C(O)C(F)(F)F.O=C(O)C(F)(F)F. The van der Waals surface area contributed by atoms with Gasteiger partial charge in [0.05, 0.1) is 24.0 Å². The van der Waals surface area contributed by atoms with Gasteiger partial charge in [0.1, 0.15) is 0 Å². The number of carbonyl (C=O) groups is 4. The molecule has 2 aliphatic heterocycles. The van der Waals surface area contributed by atoms with E-state index in [1.54, 1.807) is 12.3 Å². The van der Waals surface area contributed by atoms with E-state index in [0.717, 1.165) is 53.9 Å². The van der Waals surface area contributed by atoms with Crippen LogP contribution in [0.15, 0.2) is 47.6 Å². The zero-order valence-electron chi connectivity index (χ0n) is 22.3. The number of carboxylic acids is 2. The number of nitrogens with one attached hydrogen (secondary N) is 4. The number of rotatable bonds is 4. The number of amides is 2. The first-order valence-electron chi connectivity index (χ1n) is 12.5. The van der Waals surface area contributed by atoms with Crippen molar-refractivity contribution in [3.8, 4) is 11.3 Å². The molecule has 236 valence electrons. The number of aromatic amines is 1. The Hall–Kier alpha value is -4.97. The molecule has 2 aromatic carbocycles. The molecular weight excluding hydrogens is 606 g/mol. The van der Waals surface area contributed by atoms with E-state index >= 15 is 0 Å². The summed E-state index contributed by atoms with van der Waals surface area (Å²) in [6.45, 7) is 3.79. The van der Waals surface area contributed by atoms with Gasteiger partial charge in [0.25, 0.3) is 5.91 Å². The van der Waals surface area contributed by atoms with E-state index in [1.165, 1.54) is 0 Å². The van der Waals surface area contributed by atoms with E-state index < -0.39 is 24.3 Å². The number of H-pyrrole nitrogens is 1. The molecule has 1 saturated heterocycles. The van der Waals surface area contributed by atoms with Gasteiger partial charge in [-0.15, -0.1) is 0 Å². The standard InChI is InChI=1S/C22H22N6O2.2C2HF3O2/c29-19(13-28-8-6-23-7-9-28)25-15-10-16-20-17(12-24-27-22(16)30)21(26-18(20)11-15)14-4-2-1-3-5-14;2*3-2(4,5)1(6)7/h1-5,10-12,23,26H,6-9,13H2,(H,25,29)(H,27,30);2*(H,6,7). The number of benzene rings is 2. The number of hydrogen-bond donors (Lipinski definition) is 6. The maximum atomic E-state index is 12.6. The first-order valence-corrected chi connectivity index (χ1v) is 12.5. The lowest BCUT2D eigenvalue weighted by Gasteiger charge is -2.26. The molecule has 44 heavy (non-hydrogen) atoms. The molecule has 2 aliphatic rings. The van der Waals surface area contributed by atoms with Crippen LogP contribution in [0.1, 0.15) is 15.9 Å². The van der Waals surface area contributed by atoms with Crippen molar-refractivity contribution in [1.82, 2.24) is 20.6 Å². The fourth-order valence-electron chi connectivity index (χ4n) is 4.06. The van der Waals surface area contributed by atoms with E-state index in [9.17, 15) is 35.9 Å². The van der Waals surface area contributed by atoms with Crippen molar-refractivity contribution in [1.29, 1.82) is 0 Å². The van der Waals surface area contributed by atoms with E-state index in [1.807, 2.05) is 36.4 Å². The highest BCUT2D eigenvalue weighted by Gasteiger charge is 2.38. The van der Waals surface area contributed by atoms with Crippen LogP contribution in [-0.4, -0.2) is 95.1 Å². The summed E-state index contributed by atoms with van der Waals surface area (Å²) in [6.07, 6.45) is -8.50. The van der Waals surface area contributed by atoms with Gasteiger partial charge in [-0.3, -0.25) is 14.5 Å². The summed E-state index contributed by atoms with van der Waals surface area (Å²) in [5.74, 6) is -5.91. The number of halogens is 6. The molecule has 1 fully saturated rings. The summed E-state index contributed by atoms with van der Waals surface area (Å²) >= 11 is 0. The van der Waals surface area contributed by atoms with Crippen LogP contribution >= 0.6 is 0 Å². The maximum Gasteiger partial charge on any atom is 0.490 e. The Morgan fingerprint density at radius 2 is 1.50 bits per heavy atom. The van der Waals surface area contributed by atoms with Gasteiger partial charge in [0.2, 0.25) is 5.91 Å². The largest absolute Gasteiger partial charge is 0.490 e. The molecule has 0 radical (unpaired) electrons. The van der Waals surface area contributed by atoms with Gasteiger partial charge in [-0.25, -0.2) is 15.0 Å². The average molecular weight is 631 g/mol. The number of anilines is 1. The topological polar surface area (TPSA) is 176 Å². The molecule has 2 amide bonds. The van der Waals surface area contributed by atoms with Crippen LogP contribution in [0, 0.1) is 0 Å². The van der Waals surface area contributed by atoms with Gasteiger partial charge >= 0.3 is 24.3 Å². The second-order valence-corrected chi connectivity index (χ2v) is 9.11. The summed E-state index contributed by atoms with van der Waals surface area (Å²) in [4.78, 5) is 48.5. The quantitative estimate of drug-likeness (QED) is 0.239. The number of hydrazone groups is 1. The number of aliphatic carboxylic acids is 2. The third-order valence-corrected chi connectivity index (χ3v) is 5.95. The highest BCUT2D eigenvalue weighted by molar-refractivity contribution is 6.18. The lowest BCUT2D eigenvalue weighted by Crippen LogP contribution is -2.46. The molecule has 3 aromatic rings. The summed E-state index contributed by atoms with van der Waals surface area (Å²) in [7, 11) is 0. The number of alkyl halides is 6. The van der Waals surface area contributed by atoms with Crippen molar-refractivity contribution in [2.75, 3.05) is 38.0 Å². The van der Waals surface area contributed by atoms with Gasteiger partial charge in [0.15, 0.2) is 0 Å². The number of nitrogens with zero attached hydrogens (tertiary/aromatic N) is 2. The van der Waals surface area contributed by atoms with Crippen LogP contribution in [-0.2, 0) is 14.4 Å². The minimum atomic E-state index is -5.08. The highest BCUT2D eigenvalue weighted by atomic mass is 19.4. The lowest BCUT2D eigenvalue weighted by molar-refractivity contribution is -0.193. The summed E-state index contributed by atoms with van der Waals surface area (Å²) < 4.78 is 63.5. The minimum absolute atomic E-state index is 0.0937. The van der Waals surface area contributed by atoms with Crippen molar-refractivity contribution in [3.63, 3.8) is 0 Å². The molecule has 6 N–H and O–H groups in total. The van der Waals surface area contributed by atoms with E-state index in [2.05, 4.69) is 31.0 Å². The van der Waals surface area contributed by atoms with Crippen LogP contribution < -0.4 is 16.1 Å². The number of carbonyl (C=O) groups excluding carboxylic acids is 2. The first kappa shape index (κ1) is 33.5.